The summed E-state index contributed by atoms with van der Waals surface area (Å²) in [7, 11) is 1.62. The van der Waals surface area contributed by atoms with Gasteiger partial charge in [0.1, 0.15) is 0 Å². The highest BCUT2D eigenvalue weighted by Gasteiger charge is 2.11. The molecule has 0 saturated heterocycles. The van der Waals surface area contributed by atoms with Crippen LogP contribution in [0.15, 0.2) is 46.9 Å². The normalized spacial score (nSPS) is 10.3. The molecule has 0 aliphatic carbocycles. The molecule has 104 valence electrons. The third kappa shape index (κ3) is 3.37. The van der Waals surface area contributed by atoms with E-state index in [1.54, 1.807) is 31.4 Å². The Morgan fingerprint density at radius 2 is 1.95 bits per heavy atom. The predicted octanol–water partition coefficient (Wildman–Crippen LogP) is 3.43. The topological polar surface area (TPSA) is 64.3 Å². The van der Waals surface area contributed by atoms with Crippen molar-refractivity contribution in [1.29, 1.82) is 0 Å². The molecule has 4 nitrogen and oxygen atoms in total. The Morgan fingerprint density at radius 1 is 1.25 bits per heavy atom. The van der Waals surface area contributed by atoms with E-state index in [2.05, 4.69) is 21.2 Å². The first kappa shape index (κ1) is 14.6. The van der Waals surface area contributed by atoms with Crippen LogP contribution in [0.1, 0.15) is 15.9 Å². The second-order valence-corrected chi connectivity index (χ2v) is 5.13. The molecule has 2 aromatic carbocycles. The van der Waals surface area contributed by atoms with E-state index in [9.17, 15) is 4.79 Å². The fourth-order valence-corrected chi connectivity index (χ4v) is 2.28. The fourth-order valence-electron chi connectivity index (χ4n) is 1.80. The van der Waals surface area contributed by atoms with Crippen LogP contribution in [0.2, 0.25) is 0 Å². The second kappa shape index (κ2) is 6.54. The first-order valence-electron chi connectivity index (χ1n) is 6.05. The van der Waals surface area contributed by atoms with Gasteiger partial charge in [-0.3, -0.25) is 4.79 Å². The van der Waals surface area contributed by atoms with E-state index in [-0.39, 0.29) is 5.91 Å². The van der Waals surface area contributed by atoms with E-state index in [1.807, 2.05) is 18.2 Å². The lowest BCUT2D eigenvalue weighted by Crippen LogP contribution is -2.13. The van der Waals surface area contributed by atoms with Gasteiger partial charge in [-0.1, -0.05) is 22.0 Å². The van der Waals surface area contributed by atoms with Crippen molar-refractivity contribution in [3.63, 3.8) is 0 Å². The number of hydrogen-bond donors (Lipinski definition) is 2. The number of rotatable bonds is 4. The summed E-state index contributed by atoms with van der Waals surface area (Å²) in [4.78, 5) is 12.2. The van der Waals surface area contributed by atoms with Crippen LogP contribution >= 0.6 is 15.9 Å². The van der Waals surface area contributed by atoms with Gasteiger partial charge in [-0.2, -0.15) is 0 Å². The maximum Gasteiger partial charge on any atom is 0.255 e. The lowest BCUT2D eigenvalue weighted by atomic mass is 10.1. The summed E-state index contributed by atoms with van der Waals surface area (Å²) in [5.74, 6) is -0.180. The number of nitrogens with two attached hydrogens (primary N) is 1. The monoisotopic (exact) mass is 334 g/mol. The minimum absolute atomic E-state index is 0.180. The molecular weight excluding hydrogens is 320 g/mol. The van der Waals surface area contributed by atoms with Crippen LogP contribution in [0.5, 0.6) is 0 Å². The van der Waals surface area contributed by atoms with Gasteiger partial charge in [-0.05, 0) is 36.4 Å². The molecule has 2 aromatic rings. The Labute approximate surface area is 126 Å². The number of nitrogen functional groups attached to an aromatic ring is 1. The number of carbonyl (C=O) groups excluding carboxylic acids is 1. The quantitative estimate of drug-likeness (QED) is 0.842. The second-order valence-electron chi connectivity index (χ2n) is 4.28. The third-order valence-electron chi connectivity index (χ3n) is 2.83. The third-order valence-corrected chi connectivity index (χ3v) is 3.57. The fraction of sp³-hybridized carbons (Fsp3) is 0.133. The molecule has 5 heteroatoms. The molecule has 20 heavy (non-hydrogen) atoms. The summed E-state index contributed by atoms with van der Waals surface area (Å²) >= 11 is 3.46. The molecule has 0 bridgehead atoms. The van der Waals surface area contributed by atoms with Crippen LogP contribution in [0.4, 0.5) is 11.4 Å². The van der Waals surface area contributed by atoms with Gasteiger partial charge < -0.3 is 15.8 Å². The lowest BCUT2D eigenvalue weighted by molar-refractivity contribution is 0.102. The summed E-state index contributed by atoms with van der Waals surface area (Å²) in [6, 6.07) is 12.4. The van der Waals surface area contributed by atoms with Gasteiger partial charge in [-0.15, -0.1) is 0 Å². The molecule has 0 saturated carbocycles. The minimum atomic E-state index is -0.180. The number of amides is 1. The average molecular weight is 335 g/mol. The molecule has 2 rings (SSSR count). The summed E-state index contributed by atoms with van der Waals surface area (Å²) in [5.41, 5.74) is 8.42. The Hall–Kier alpha value is -1.85. The van der Waals surface area contributed by atoms with E-state index in [0.717, 1.165) is 15.7 Å². The number of halogens is 1. The van der Waals surface area contributed by atoms with Crippen LogP contribution in [0.3, 0.4) is 0 Å². The van der Waals surface area contributed by atoms with Crippen molar-refractivity contribution in [2.75, 3.05) is 18.2 Å². The Kier molecular flexibility index (Phi) is 4.76. The zero-order chi connectivity index (χ0) is 14.5. The van der Waals surface area contributed by atoms with Crippen LogP contribution in [0, 0.1) is 0 Å². The maximum absolute atomic E-state index is 12.2. The number of methoxy groups -OCH3 is 1. The molecule has 0 aliphatic heterocycles. The largest absolute Gasteiger partial charge is 0.399 e. The van der Waals surface area contributed by atoms with Crippen LogP contribution in [0.25, 0.3) is 0 Å². The van der Waals surface area contributed by atoms with Crippen LogP contribution < -0.4 is 11.1 Å². The first-order chi connectivity index (χ1) is 9.61. The van der Waals surface area contributed by atoms with Gasteiger partial charge in [0.15, 0.2) is 0 Å². The zero-order valence-electron chi connectivity index (χ0n) is 11.0. The van der Waals surface area contributed by atoms with E-state index in [4.69, 9.17) is 10.5 Å². The van der Waals surface area contributed by atoms with Gasteiger partial charge in [0.05, 0.1) is 6.61 Å². The number of nitrogens with one attached hydrogen (secondary N) is 1. The molecule has 0 aromatic heterocycles. The van der Waals surface area contributed by atoms with E-state index < -0.39 is 0 Å². The SMILES string of the molecule is COCc1c(Br)cccc1NC(=O)c1ccc(N)cc1. The smallest absolute Gasteiger partial charge is 0.255 e. The van der Waals surface area contributed by atoms with Crippen molar-refractivity contribution >= 4 is 33.2 Å². The highest BCUT2D eigenvalue weighted by atomic mass is 79.9. The molecule has 0 aliphatic rings. The highest BCUT2D eigenvalue weighted by Crippen LogP contribution is 2.26. The summed E-state index contributed by atoms with van der Waals surface area (Å²) in [5, 5.41) is 2.88. The maximum atomic E-state index is 12.2. The minimum Gasteiger partial charge on any atom is -0.399 e. The van der Waals surface area contributed by atoms with Crippen molar-refractivity contribution in [3.05, 3.63) is 58.1 Å². The number of benzene rings is 2. The lowest BCUT2D eigenvalue weighted by Gasteiger charge is -2.12. The number of ether oxygens (including phenoxy) is 1. The molecule has 0 atom stereocenters. The summed E-state index contributed by atoms with van der Waals surface area (Å²) in [6.07, 6.45) is 0. The van der Waals surface area contributed by atoms with Crippen LogP contribution in [-0.2, 0) is 11.3 Å². The van der Waals surface area contributed by atoms with Crippen molar-refractivity contribution in [2.24, 2.45) is 0 Å². The van der Waals surface area contributed by atoms with E-state index in [1.165, 1.54) is 0 Å². The molecule has 3 N–H and O–H groups in total. The van der Waals surface area contributed by atoms with Crippen molar-refractivity contribution < 1.29 is 9.53 Å². The average Bonchev–Trinajstić information content (AvgIpc) is 2.43. The summed E-state index contributed by atoms with van der Waals surface area (Å²) < 4.78 is 6.05. The number of carbonyl (C=O) groups is 1. The van der Waals surface area contributed by atoms with Gasteiger partial charge >= 0.3 is 0 Å². The molecule has 0 unspecified atom stereocenters. The number of anilines is 2. The molecule has 1 amide bonds. The first-order valence-corrected chi connectivity index (χ1v) is 6.84. The highest BCUT2D eigenvalue weighted by molar-refractivity contribution is 9.10. The number of hydrogen-bond acceptors (Lipinski definition) is 3. The van der Waals surface area contributed by atoms with Gasteiger partial charge in [0.25, 0.3) is 5.91 Å². The Morgan fingerprint density at radius 3 is 2.60 bits per heavy atom. The van der Waals surface area contributed by atoms with E-state index >= 15 is 0 Å². The molecule has 0 fully saturated rings. The molecular formula is C15H15BrN2O2. The molecule has 0 spiro atoms. The van der Waals surface area contributed by atoms with Gasteiger partial charge in [0, 0.05) is 34.1 Å². The predicted molar refractivity (Wildman–Crippen MR) is 83.7 cm³/mol. The van der Waals surface area contributed by atoms with Crippen molar-refractivity contribution in [1.82, 2.24) is 0 Å². The van der Waals surface area contributed by atoms with Crippen molar-refractivity contribution in [3.8, 4) is 0 Å². The Balaban J connectivity index is 2.23. The molecule has 0 heterocycles. The zero-order valence-corrected chi connectivity index (χ0v) is 12.6. The summed E-state index contributed by atoms with van der Waals surface area (Å²) in [6.45, 7) is 0.415. The Bertz CT molecular complexity index is 612. The van der Waals surface area contributed by atoms with Gasteiger partial charge in [0.2, 0.25) is 0 Å². The van der Waals surface area contributed by atoms with Gasteiger partial charge in [-0.25, -0.2) is 0 Å². The van der Waals surface area contributed by atoms with E-state index in [0.29, 0.717) is 17.9 Å². The standard InChI is InChI=1S/C15H15BrN2O2/c1-20-9-12-13(16)3-2-4-14(12)18-15(19)10-5-7-11(17)8-6-10/h2-8H,9,17H2,1H3,(H,18,19). The molecule has 0 radical (unpaired) electrons. The van der Waals surface area contributed by atoms with Crippen LogP contribution in [-0.4, -0.2) is 13.0 Å². The van der Waals surface area contributed by atoms with Crippen molar-refractivity contribution in [2.45, 2.75) is 6.61 Å².